The molecule has 1 saturated heterocycles. The van der Waals surface area contributed by atoms with Gasteiger partial charge in [-0.25, -0.2) is 4.98 Å². The summed E-state index contributed by atoms with van der Waals surface area (Å²) in [4.78, 5) is 23.4. The van der Waals surface area contributed by atoms with Crippen molar-refractivity contribution in [2.75, 3.05) is 13.1 Å². The molecule has 0 aliphatic carbocycles. The zero-order valence-corrected chi connectivity index (χ0v) is 16.3. The second kappa shape index (κ2) is 7.18. The lowest BCUT2D eigenvalue weighted by atomic mass is 9.96. The number of piperidine rings is 1. The molecule has 0 saturated carbocycles. The monoisotopic (exact) mass is 365 g/mol. The number of nitrogens with one attached hydrogen (secondary N) is 1. The molecule has 2 aromatic heterocycles. The standard InChI is InChI=1S/C21H27N5O/c1-4-10-26-15(3)17(12-22-26)21(27)25-11-6-8-16(13-25)20-23-18-9-5-7-14(2)19(18)24-20/h5,7,9,12,16H,4,6,8,10-11,13H2,1-3H3,(H,23,24)/t16-/m1/s1. The summed E-state index contributed by atoms with van der Waals surface area (Å²) in [5, 5.41) is 4.39. The molecule has 6 heteroatoms. The van der Waals surface area contributed by atoms with E-state index in [1.807, 2.05) is 22.6 Å². The van der Waals surface area contributed by atoms with Gasteiger partial charge in [0.15, 0.2) is 0 Å². The third-order valence-electron chi connectivity index (χ3n) is 5.60. The summed E-state index contributed by atoms with van der Waals surface area (Å²) in [5.41, 5.74) is 4.98. The predicted octanol–water partition coefficient (Wildman–Crippen LogP) is 3.81. The lowest BCUT2D eigenvalue weighted by Crippen LogP contribution is -2.39. The second-order valence-corrected chi connectivity index (χ2v) is 7.55. The molecule has 27 heavy (non-hydrogen) atoms. The number of fused-ring (bicyclic) bond motifs is 1. The SMILES string of the molecule is CCCn1ncc(C(=O)N2CCC[C@@H](c3nc4c(C)cccc4[nH]3)C2)c1C. The maximum atomic E-state index is 13.1. The third-order valence-corrected chi connectivity index (χ3v) is 5.60. The van der Waals surface area contributed by atoms with Crippen LogP contribution in [0.1, 0.15) is 59.5 Å². The molecule has 1 amide bonds. The van der Waals surface area contributed by atoms with Crippen molar-refractivity contribution < 1.29 is 4.79 Å². The number of aromatic amines is 1. The van der Waals surface area contributed by atoms with Crippen LogP contribution in [0.5, 0.6) is 0 Å². The Hall–Kier alpha value is -2.63. The fraction of sp³-hybridized carbons (Fsp3) is 0.476. The van der Waals surface area contributed by atoms with Crippen LogP contribution in [-0.2, 0) is 6.54 Å². The molecule has 0 unspecified atom stereocenters. The lowest BCUT2D eigenvalue weighted by molar-refractivity contribution is 0.0704. The molecule has 3 aromatic rings. The molecule has 1 fully saturated rings. The van der Waals surface area contributed by atoms with Crippen LogP contribution < -0.4 is 0 Å². The topological polar surface area (TPSA) is 66.8 Å². The van der Waals surface area contributed by atoms with Gasteiger partial charge in [-0.3, -0.25) is 9.48 Å². The third kappa shape index (κ3) is 3.24. The summed E-state index contributed by atoms with van der Waals surface area (Å²) >= 11 is 0. The minimum absolute atomic E-state index is 0.0897. The van der Waals surface area contributed by atoms with Crippen molar-refractivity contribution in [1.82, 2.24) is 24.6 Å². The van der Waals surface area contributed by atoms with Crippen molar-refractivity contribution in [2.45, 2.75) is 52.5 Å². The minimum atomic E-state index is 0.0897. The number of amides is 1. The number of aromatic nitrogens is 4. The van der Waals surface area contributed by atoms with E-state index < -0.39 is 0 Å². The summed E-state index contributed by atoms with van der Waals surface area (Å²) < 4.78 is 1.93. The van der Waals surface area contributed by atoms with Gasteiger partial charge in [0.1, 0.15) is 5.82 Å². The predicted molar refractivity (Wildman–Crippen MR) is 106 cm³/mol. The molecular formula is C21H27N5O. The average molecular weight is 365 g/mol. The summed E-state index contributed by atoms with van der Waals surface area (Å²) in [5.74, 6) is 1.34. The summed E-state index contributed by atoms with van der Waals surface area (Å²) in [7, 11) is 0. The summed E-state index contributed by atoms with van der Waals surface area (Å²) in [6.07, 6.45) is 4.78. The fourth-order valence-corrected chi connectivity index (χ4v) is 4.04. The molecule has 1 atom stereocenters. The molecular weight excluding hydrogens is 338 g/mol. The Morgan fingerprint density at radius 2 is 2.19 bits per heavy atom. The lowest BCUT2D eigenvalue weighted by Gasteiger charge is -2.31. The zero-order valence-electron chi connectivity index (χ0n) is 16.3. The molecule has 1 aromatic carbocycles. The van der Waals surface area contributed by atoms with Gasteiger partial charge >= 0.3 is 0 Å². The number of para-hydroxylation sites is 1. The Morgan fingerprint density at radius 3 is 2.96 bits per heavy atom. The first kappa shape index (κ1) is 17.8. The number of nitrogens with zero attached hydrogens (tertiary/aromatic N) is 4. The first-order valence-corrected chi connectivity index (χ1v) is 9.85. The van der Waals surface area contributed by atoms with E-state index in [0.717, 1.165) is 60.5 Å². The van der Waals surface area contributed by atoms with Gasteiger partial charge in [-0.1, -0.05) is 19.1 Å². The fourth-order valence-electron chi connectivity index (χ4n) is 4.04. The highest BCUT2D eigenvalue weighted by atomic mass is 16.2. The number of imidazole rings is 1. The van der Waals surface area contributed by atoms with Crippen LogP contribution in [0.3, 0.4) is 0 Å². The Labute approximate surface area is 159 Å². The second-order valence-electron chi connectivity index (χ2n) is 7.55. The van der Waals surface area contributed by atoms with Crippen molar-refractivity contribution in [3.8, 4) is 0 Å². The molecule has 1 N–H and O–H groups in total. The smallest absolute Gasteiger partial charge is 0.257 e. The van der Waals surface area contributed by atoms with Gasteiger partial charge in [0.25, 0.3) is 5.91 Å². The number of rotatable bonds is 4. The minimum Gasteiger partial charge on any atom is -0.342 e. The summed E-state index contributed by atoms with van der Waals surface area (Å²) in [6, 6.07) is 6.20. The molecule has 142 valence electrons. The van der Waals surface area contributed by atoms with Crippen LogP contribution in [-0.4, -0.2) is 43.6 Å². The van der Waals surface area contributed by atoms with Crippen molar-refractivity contribution >= 4 is 16.9 Å². The van der Waals surface area contributed by atoms with E-state index in [1.165, 1.54) is 5.56 Å². The highest BCUT2D eigenvalue weighted by Gasteiger charge is 2.29. The van der Waals surface area contributed by atoms with Gasteiger partial charge in [-0.05, 0) is 44.7 Å². The van der Waals surface area contributed by atoms with E-state index in [-0.39, 0.29) is 11.8 Å². The number of aryl methyl sites for hydroxylation is 2. The van der Waals surface area contributed by atoms with Crippen molar-refractivity contribution in [2.24, 2.45) is 0 Å². The quantitative estimate of drug-likeness (QED) is 0.764. The number of hydrogen-bond acceptors (Lipinski definition) is 3. The van der Waals surface area contributed by atoms with E-state index in [1.54, 1.807) is 6.20 Å². The largest absolute Gasteiger partial charge is 0.342 e. The number of benzene rings is 1. The van der Waals surface area contributed by atoms with Crippen molar-refractivity contribution in [3.63, 3.8) is 0 Å². The first-order valence-electron chi connectivity index (χ1n) is 9.85. The summed E-state index contributed by atoms with van der Waals surface area (Å²) in [6.45, 7) is 8.54. The molecule has 0 bridgehead atoms. The van der Waals surface area contributed by atoms with Crippen LogP contribution in [0.2, 0.25) is 0 Å². The molecule has 4 rings (SSSR count). The highest BCUT2D eigenvalue weighted by Crippen LogP contribution is 2.28. The maximum absolute atomic E-state index is 13.1. The van der Waals surface area contributed by atoms with Crippen molar-refractivity contribution in [3.05, 3.63) is 47.0 Å². The highest BCUT2D eigenvalue weighted by molar-refractivity contribution is 5.95. The first-order chi connectivity index (χ1) is 13.1. The van der Waals surface area contributed by atoms with Gasteiger partial charge in [-0.2, -0.15) is 5.10 Å². The molecule has 1 aliphatic rings. The molecule has 0 spiro atoms. The Morgan fingerprint density at radius 1 is 1.33 bits per heavy atom. The van der Waals surface area contributed by atoms with Gasteiger partial charge in [0, 0.05) is 31.2 Å². The van der Waals surface area contributed by atoms with E-state index >= 15 is 0 Å². The van der Waals surface area contributed by atoms with Gasteiger partial charge in [0.05, 0.1) is 22.8 Å². The Bertz CT molecular complexity index is 970. The average Bonchev–Trinajstić information content (AvgIpc) is 3.27. The molecule has 6 nitrogen and oxygen atoms in total. The normalized spacial score (nSPS) is 17.6. The van der Waals surface area contributed by atoms with Crippen LogP contribution in [0, 0.1) is 13.8 Å². The molecule has 3 heterocycles. The molecule has 0 radical (unpaired) electrons. The van der Waals surface area contributed by atoms with E-state index in [0.29, 0.717) is 6.54 Å². The zero-order chi connectivity index (χ0) is 19.0. The number of hydrogen-bond donors (Lipinski definition) is 1. The van der Waals surface area contributed by atoms with Gasteiger partial charge in [-0.15, -0.1) is 0 Å². The molecule has 1 aliphatic heterocycles. The number of carbonyl (C=O) groups is 1. The van der Waals surface area contributed by atoms with Crippen LogP contribution in [0.4, 0.5) is 0 Å². The van der Waals surface area contributed by atoms with Gasteiger partial charge < -0.3 is 9.88 Å². The maximum Gasteiger partial charge on any atom is 0.257 e. The van der Waals surface area contributed by atoms with Crippen LogP contribution in [0.15, 0.2) is 24.4 Å². The van der Waals surface area contributed by atoms with E-state index in [4.69, 9.17) is 4.98 Å². The van der Waals surface area contributed by atoms with Crippen LogP contribution >= 0.6 is 0 Å². The number of H-pyrrole nitrogens is 1. The van der Waals surface area contributed by atoms with Gasteiger partial charge in [0.2, 0.25) is 0 Å². The Balaban J connectivity index is 1.55. The van der Waals surface area contributed by atoms with E-state index in [9.17, 15) is 4.79 Å². The van der Waals surface area contributed by atoms with E-state index in [2.05, 4.69) is 36.1 Å². The Kier molecular flexibility index (Phi) is 4.72. The van der Waals surface area contributed by atoms with Crippen LogP contribution in [0.25, 0.3) is 11.0 Å². The number of carbonyl (C=O) groups excluding carboxylic acids is 1. The van der Waals surface area contributed by atoms with Crippen molar-refractivity contribution in [1.29, 1.82) is 0 Å². The number of likely N-dealkylation sites (tertiary alicyclic amines) is 1.